The van der Waals surface area contributed by atoms with E-state index in [-0.39, 0.29) is 18.0 Å². The molecule has 7 heteroatoms. The molecule has 0 aromatic rings. The van der Waals surface area contributed by atoms with Gasteiger partial charge in [-0.15, -0.1) is 5.73 Å². The lowest BCUT2D eigenvalue weighted by atomic mass is 10.1. The lowest BCUT2D eigenvalue weighted by Gasteiger charge is -2.27. The Morgan fingerprint density at radius 3 is 2.69 bits per heavy atom. The maximum Gasteiger partial charge on any atom is 0.410 e. The molecule has 0 radical (unpaired) electrons. The largest absolute Gasteiger partial charge is 0.444 e. The summed E-state index contributed by atoms with van der Waals surface area (Å²) in [4.78, 5) is 26.8. The van der Waals surface area contributed by atoms with Crippen molar-refractivity contribution in [3.63, 3.8) is 0 Å². The number of rotatable bonds is 8. The molecule has 0 saturated heterocycles. The van der Waals surface area contributed by atoms with E-state index in [2.05, 4.69) is 23.2 Å². The van der Waals surface area contributed by atoms with Gasteiger partial charge in [-0.1, -0.05) is 30.4 Å². The molecule has 1 atom stereocenters. The minimum atomic E-state index is -0.538. The molecule has 0 aromatic carbocycles. The van der Waals surface area contributed by atoms with Crippen molar-refractivity contribution in [3.05, 3.63) is 76.9 Å². The number of allylic oxidation sites excluding steroid dienone is 8. The zero-order chi connectivity index (χ0) is 26.0. The quantitative estimate of drug-likeness (QED) is 0.289. The molecule has 0 saturated carbocycles. The van der Waals surface area contributed by atoms with Gasteiger partial charge in [-0.2, -0.15) is 0 Å². The summed E-state index contributed by atoms with van der Waals surface area (Å²) < 4.78 is 5.45. The molecule has 2 aliphatic rings. The Morgan fingerprint density at radius 2 is 2.00 bits per heavy atom. The maximum atomic E-state index is 12.8. The van der Waals surface area contributed by atoms with Crippen LogP contribution in [0.15, 0.2) is 76.9 Å². The molecule has 1 unspecified atom stereocenters. The topological polar surface area (TPSA) is 87.9 Å². The molecule has 7 nitrogen and oxygen atoms in total. The molecular formula is C28H40N4O3. The standard InChI is InChI=1S/C28H40N4O3/c1-7-31(27(34)35-28(4,5)6)20-19-22(3)30-26(33)23-14-11-16-24(17-12-15-23)32(29)25-18-10-8-9-13-21(25)2/h8-9,11-13,16-18,22H,7,10,14,19-20,29H2,1-6H3,(H,30,33)/b16-11-,24-17+. The van der Waals surface area contributed by atoms with Crippen LogP contribution in [0.1, 0.15) is 60.8 Å². The molecule has 35 heavy (non-hydrogen) atoms. The maximum absolute atomic E-state index is 12.8. The van der Waals surface area contributed by atoms with Gasteiger partial charge in [0.05, 0.1) is 17.0 Å². The molecular weight excluding hydrogens is 440 g/mol. The van der Waals surface area contributed by atoms with Crippen molar-refractivity contribution < 1.29 is 14.3 Å². The van der Waals surface area contributed by atoms with Gasteiger partial charge in [-0.25, -0.2) is 10.6 Å². The van der Waals surface area contributed by atoms with Crippen molar-refractivity contribution in [2.75, 3.05) is 13.1 Å². The molecule has 2 aliphatic carbocycles. The van der Waals surface area contributed by atoms with E-state index in [4.69, 9.17) is 10.6 Å². The number of carbonyl (C=O) groups excluding carboxylic acids is 2. The summed E-state index contributed by atoms with van der Waals surface area (Å²) in [6.45, 7) is 12.5. The first-order valence-corrected chi connectivity index (χ1v) is 12.2. The number of nitrogens with two attached hydrogens (primary N) is 1. The summed E-state index contributed by atoms with van der Waals surface area (Å²) in [5.74, 6) is 6.22. The second-order valence-electron chi connectivity index (χ2n) is 9.68. The van der Waals surface area contributed by atoms with E-state index in [0.717, 1.165) is 23.4 Å². The summed E-state index contributed by atoms with van der Waals surface area (Å²) in [5, 5.41) is 4.67. The summed E-state index contributed by atoms with van der Waals surface area (Å²) in [5.41, 5.74) is 5.94. The Balaban J connectivity index is 1.98. The van der Waals surface area contributed by atoms with E-state index >= 15 is 0 Å². The number of nitrogens with one attached hydrogen (secondary N) is 1. The van der Waals surface area contributed by atoms with Crippen molar-refractivity contribution in [3.8, 4) is 0 Å². The lowest BCUT2D eigenvalue weighted by Crippen LogP contribution is -2.40. The summed E-state index contributed by atoms with van der Waals surface area (Å²) in [6.07, 6.45) is 17.2. The van der Waals surface area contributed by atoms with Gasteiger partial charge < -0.3 is 15.0 Å². The van der Waals surface area contributed by atoms with Crippen molar-refractivity contribution in [1.29, 1.82) is 0 Å². The Morgan fingerprint density at radius 1 is 1.26 bits per heavy atom. The predicted octanol–water partition coefficient (Wildman–Crippen LogP) is 5.03. The zero-order valence-electron chi connectivity index (χ0n) is 21.9. The molecule has 0 bridgehead atoms. The second-order valence-corrected chi connectivity index (χ2v) is 9.68. The highest BCUT2D eigenvalue weighted by molar-refractivity contribution is 5.93. The summed E-state index contributed by atoms with van der Waals surface area (Å²) in [6, 6.07) is -0.112. The monoisotopic (exact) mass is 480 g/mol. The van der Waals surface area contributed by atoms with Gasteiger partial charge in [0.1, 0.15) is 5.60 Å². The Bertz CT molecular complexity index is 1000. The van der Waals surface area contributed by atoms with Crippen LogP contribution >= 0.6 is 0 Å². The number of nitrogens with zero attached hydrogens (tertiary/aromatic N) is 2. The molecule has 190 valence electrons. The number of amides is 2. The van der Waals surface area contributed by atoms with Crippen molar-refractivity contribution >= 4 is 12.0 Å². The van der Waals surface area contributed by atoms with Crippen molar-refractivity contribution in [2.45, 2.75) is 72.4 Å². The Hall–Kier alpha value is -3.28. The third-order valence-electron chi connectivity index (χ3n) is 5.51. The fourth-order valence-corrected chi connectivity index (χ4v) is 3.54. The van der Waals surface area contributed by atoms with Gasteiger partial charge in [-0.3, -0.25) is 9.80 Å². The van der Waals surface area contributed by atoms with E-state index in [1.54, 1.807) is 16.0 Å². The highest BCUT2D eigenvalue weighted by atomic mass is 16.6. The van der Waals surface area contributed by atoms with Gasteiger partial charge in [0, 0.05) is 25.6 Å². The summed E-state index contributed by atoms with van der Waals surface area (Å²) >= 11 is 0. The van der Waals surface area contributed by atoms with Gasteiger partial charge in [-0.05, 0) is 78.2 Å². The van der Waals surface area contributed by atoms with Gasteiger partial charge in [0.25, 0.3) is 5.91 Å². The SMILES string of the molecule is CCN(CCC(C)NC(=O)C1=C=C/C=C(N(N)C2=CCC=CC=C2C)\C=C/C1)C(=O)OC(C)(C)C. The first kappa shape index (κ1) is 28.0. The van der Waals surface area contributed by atoms with Crippen LogP contribution in [-0.2, 0) is 9.53 Å². The normalized spacial score (nSPS) is 18.9. The smallest absolute Gasteiger partial charge is 0.410 e. The van der Waals surface area contributed by atoms with Crippen LogP contribution < -0.4 is 11.2 Å². The fraction of sp³-hybridized carbons (Fsp3) is 0.464. The third kappa shape index (κ3) is 9.12. The third-order valence-corrected chi connectivity index (χ3v) is 5.51. The minimum Gasteiger partial charge on any atom is -0.444 e. The van der Waals surface area contributed by atoms with Gasteiger partial charge >= 0.3 is 6.09 Å². The van der Waals surface area contributed by atoms with Gasteiger partial charge in [0.2, 0.25) is 0 Å². The van der Waals surface area contributed by atoms with Crippen LogP contribution in [0.4, 0.5) is 4.79 Å². The first-order chi connectivity index (χ1) is 16.5. The van der Waals surface area contributed by atoms with Crippen LogP contribution in [0.3, 0.4) is 0 Å². The molecule has 2 rings (SSSR count). The average molecular weight is 481 g/mol. The van der Waals surface area contributed by atoms with E-state index in [1.165, 1.54) is 0 Å². The second kappa shape index (κ2) is 13.0. The molecule has 0 spiro atoms. The molecule has 0 aliphatic heterocycles. The highest BCUT2D eigenvalue weighted by Gasteiger charge is 2.22. The fourth-order valence-electron chi connectivity index (χ4n) is 3.54. The van der Waals surface area contributed by atoms with Gasteiger partial charge in [0.15, 0.2) is 0 Å². The minimum absolute atomic E-state index is 0.112. The number of hydrogen-bond acceptors (Lipinski definition) is 5. The van der Waals surface area contributed by atoms with Crippen molar-refractivity contribution in [2.24, 2.45) is 5.84 Å². The van der Waals surface area contributed by atoms with E-state index < -0.39 is 5.60 Å². The highest BCUT2D eigenvalue weighted by Crippen LogP contribution is 2.21. The van der Waals surface area contributed by atoms with Crippen LogP contribution in [0.2, 0.25) is 0 Å². The summed E-state index contributed by atoms with van der Waals surface area (Å²) in [7, 11) is 0. The lowest BCUT2D eigenvalue weighted by molar-refractivity contribution is -0.118. The van der Waals surface area contributed by atoms with Crippen molar-refractivity contribution in [1.82, 2.24) is 15.2 Å². The molecule has 0 fully saturated rings. The van der Waals surface area contributed by atoms with Crippen LogP contribution in [0.25, 0.3) is 0 Å². The Labute approximate surface area is 210 Å². The van der Waals surface area contributed by atoms with E-state index in [0.29, 0.717) is 31.5 Å². The number of carbonyl (C=O) groups is 2. The number of hydrogen-bond donors (Lipinski definition) is 2. The van der Waals surface area contributed by atoms with E-state index in [1.807, 2.05) is 71.9 Å². The zero-order valence-corrected chi connectivity index (χ0v) is 21.9. The van der Waals surface area contributed by atoms with Crippen LogP contribution in [0, 0.1) is 0 Å². The molecule has 0 aromatic heterocycles. The van der Waals surface area contributed by atoms with Crippen LogP contribution in [-0.4, -0.2) is 46.6 Å². The number of hydrazine groups is 1. The first-order valence-electron chi connectivity index (χ1n) is 12.2. The molecule has 3 N–H and O–H groups in total. The molecule has 0 heterocycles. The average Bonchev–Trinajstić information content (AvgIpc) is 2.96. The van der Waals surface area contributed by atoms with E-state index in [9.17, 15) is 9.59 Å². The number of ether oxygens (including phenoxy) is 1. The Kier molecular flexibility index (Phi) is 10.4. The van der Waals surface area contributed by atoms with Crippen LogP contribution in [0.5, 0.6) is 0 Å². The predicted molar refractivity (Wildman–Crippen MR) is 141 cm³/mol. The molecule has 2 amide bonds.